The van der Waals surface area contributed by atoms with Gasteiger partial charge in [0.15, 0.2) is 0 Å². The minimum Gasteiger partial charge on any atom is -0.396 e. The lowest BCUT2D eigenvalue weighted by molar-refractivity contribution is -0.133. The molecule has 130 valence electrons. The third kappa shape index (κ3) is 3.42. The van der Waals surface area contributed by atoms with Gasteiger partial charge in [0, 0.05) is 29.4 Å². The first-order chi connectivity index (χ1) is 11.5. The van der Waals surface area contributed by atoms with E-state index in [1.807, 2.05) is 0 Å². The lowest BCUT2D eigenvalue weighted by Crippen LogP contribution is -2.50. The first-order valence-electron chi connectivity index (χ1n) is 8.54. The van der Waals surface area contributed by atoms with Crippen LogP contribution in [0.2, 0.25) is 5.02 Å². The summed E-state index contributed by atoms with van der Waals surface area (Å²) in [5, 5.41) is 13.0. The monoisotopic (exact) mass is 350 g/mol. The summed E-state index contributed by atoms with van der Waals surface area (Å²) >= 11 is 5.89. The van der Waals surface area contributed by atoms with Crippen molar-refractivity contribution in [2.75, 3.05) is 18.1 Å². The van der Waals surface area contributed by atoms with Crippen molar-refractivity contribution in [3.05, 3.63) is 29.3 Å². The molecule has 0 bridgehead atoms. The highest BCUT2D eigenvalue weighted by Gasteiger charge is 2.42. The third-order valence-corrected chi connectivity index (χ3v) is 5.45. The molecule has 0 radical (unpaired) electrons. The van der Waals surface area contributed by atoms with E-state index in [1.54, 1.807) is 29.2 Å². The average molecular weight is 351 g/mol. The number of nitrogens with zero attached hydrogens (tertiary/aromatic N) is 1. The Balaban J connectivity index is 1.68. The molecule has 1 aliphatic heterocycles. The summed E-state index contributed by atoms with van der Waals surface area (Å²) in [6.45, 7) is 0.585. The first-order valence-corrected chi connectivity index (χ1v) is 8.92. The summed E-state index contributed by atoms with van der Waals surface area (Å²) in [4.78, 5) is 27.0. The number of nitrogens with one attached hydrogen (secondary N) is 1. The molecule has 2 amide bonds. The Morgan fingerprint density at radius 3 is 2.58 bits per heavy atom. The number of carbonyl (C=O) groups excluding carboxylic acids is 2. The number of halogens is 1. The Hall–Kier alpha value is -1.59. The summed E-state index contributed by atoms with van der Waals surface area (Å²) in [6, 6.07) is 7.08. The summed E-state index contributed by atoms with van der Waals surface area (Å²) in [5.74, 6) is -1.00. The van der Waals surface area contributed by atoms with Gasteiger partial charge in [-0.15, -0.1) is 0 Å². The molecule has 1 saturated carbocycles. The summed E-state index contributed by atoms with van der Waals surface area (Å²) in [5.41, 5.74) is 0.436. The van der Waals surface area contributed by atoms with Crippen LogP contribution in [0.1, 0.15) is 38.5 Å². The molecule has 1 aromatic rings. The van der Waals surface area contributed by atoms with Crippen molar-refractivity contribution in [2.45, 2.75) is 44.1 Å². The van der Waals surface area contributed by atoms with E-state index in [1.165, 1.54) is 0 Å². The molecule has 2 fully saturated rings. The SMILES string of the molecule is O=C(NC1(CCO)CCCC1)[C@@H]1CCN(c2ccc(Cl)cc2)C1=O. The molecular weight excluding hydrogens is 328 g/mol. The van der Waals surface area contributed by atoms with Crippen LogP contribution >= 0.6 is 11.6 Å². The van der Waals surface area contributed by atoms with Crippen molar-refractivity contribution < 1.29 is 14.7 Å². The Morgan fingerprint density at radius 1 is 1.29 bits per heavy atom. The Kier molecular flexibility index (Phi) is 5.11. The molecule has 0 unspecified atom stereocenters. The van der Waals surface area contributed by atoms with Crippen LogP contribution < -0.4 is 10.2 Å². The van der Waals surface area contributed by atoms with Crippen molar-refractivity contribution in [2.24, 2.45) is 5.92 Å². The average Bonchev–Trinajstić information content (AvgIpc) is 3.16. The highest BCUT2D eigenvalue weighted by atomic mass is 35.5. The summed E-state index contributed by atoms with van der Waals surface area (Å²) in [7, 11) is 0. The largest absolute Gasteiger partial charge is 0.396 e. The van der Waals surface area contributed by atoms with E-state index in [9.17, 15) is 14.7 Å². The maximum absolute atomic E-state index is 12.7. The minimum absolute atomic E-state index is 0.0514. The highest BCUT2D eigenvalue weighted by molar-refractivity contribution is 6.30. The quantitative estimate of drug-likeness (QED) is 0.802. The second-order valence-electron chi connectivity index (χ2n) is 6.76. The van der Waals surface area contributed by atoms with Crippen LogP contribution in [0.25, 0.3) is 0 Å². The molecule has 0 spiro atoms. The zero-order valence-electron chi connectivity index (χ0n) is 13.6. The Labute approximate surface area is 147 Å². The Morgan fingerprint density at radius 2 is 1.96 bits per heavy atom. The smallest absolute Gasteiger partial charge is 0.239 e. The number of hydrogen-bond acceptors (Lipinski definition) is 3. The maximum atomic E-state index is 12.7. The fraction of sp³-hybridized carbons (Fsp3) is 0.556. The zero-order chi connectivity index (χ0) is 17.2. The molecule has 1 atom stereocenters. The van der Waals surface area contributed by atoms with Crippen LogP contribution in [-0.4, -0.2) is 35.6 Å². The highest BCUT2D eigenvalue weighted by Crippen LogP contribution is 2.34. The van der Waals surface area contributed by atoms with Gasteiger partial charge >= 0.3 is 0 Å². The van der Waals surface area contributed by atoms with Crippen LogP contribution in [0.15, 0.2) is 24.3 Å². The lowest BCUT2D eigenvalue weighted by atomic mass is 9.92. The molecule has 1 heterocycles. The molecule has 24 heavy (non-hydrogen) atoms. The van der Waals surface area contributed by atoms with E-state index in [2.05, 4.69) is 5.32 Å². The van der Waals surface area contributed by atoms with E-state index in [0.717, 1.165) is 31.4 Å². The van der Waals surface area contributed by atoms with Crippen LogP contribution in [-0.2, 0) is 9.59 Å². The fourth-order valence-electron chi connectivity index (χ4n) is 3.85. The molecule has 6 heteroatoms. The summed E-state index contributed by atoms with van der Waals surface area (Å²) < 4.78 is 0. The topological polar surface area (TPSA) is 69.6 Å². The fourth-order valence-corrected chi connectivity index (χ4v) is 3.98. The number of carbonyl (C=O) groups is 2. The molecule has 3 rings (SSSR count). The number of amides is 2. The van der Waals surface area contributed by atoms with Gasteiger partial charge in [-0.25, -0.2) is 0 Å². The minimum atomic E-state index is -0.642. The van der Waals surface area contributed by atoms with Crippen LogP contribution in [0.5, 0.6) is 0 Å². The predicted molar refractivity (Wildman–Crippen MR) is 93.0 cm³/mol. The molecule has 1 saturated heterocycles. The van der Waals surface area contributed by atoms with Crippen LogP contribution in [0, 0.1) is 5.92 Å². The second kappa shape index (κ2) is 7.11. The van der Waals surface area contributed by atoms with Gasteiger partial charge in [0.1, 0.15) is 5.92 Å². The van der Waals surface area contributed by atoms with Gasteiger partial charge in [-0.1, -0.05) is 24.4 Å². The van der Waals surface area contributed by atoms with Gasteiger partial charge in [0.25, 0.3) is 0 Å². The number of hydrogen-bond donors (Lipinski definition) is 2. The number of aliphatic hydroxyl groups excluding tert-OH is 1. The third-order valence-electron chi connectivity index (χ3n) is 5.20. The number of rotatable bonds is 5. The molecule has 1 aliphatic carbocycles. The van der Waals surface area contributed by atoms with Crippen LogP contribution in [0.3, 0.4) is 0 Å². The molecule has 0 aromatic heterocycles. The van der Waals surface area contributed by atoms with Gasteiger partial charge in [-0.05, 0) is 49.9 Å². The zero-order valence-corrected chi connectivity index (χ0v) is 14.4. The first kappa shape index (κ1) is 17.2. The Bertz CT molecular complexity index is 611. The predicted octanol–water partition coefficient (Wildman–Crippen LogP) is 2.50. The summed E-state index contributed by atoms with van der Waals surface area (Å²) in [6.07, 6.45) is 4.93. The van der Waals surface area contributed by atoms with Gasteiger partial charge in [-0.2, -0.15) is 0 Å². The number of aliphatic hydroxyl groups is 1. The number of benzene rings is 1. The number of anilines is 1. The van der Waals surface area contributed by atoms with E-state index in [-0.39, 0.29) is 24.0 Å². The van der Waals surface area contributed by atoms with Gasteiger partial charge < -0.3 is 15.3 Å². The van der Waals surface area contributed by atoms with Crippen molar-refractivity contribution in [1.29, 1.82) is 0 Å². The van der Waals surface area contributed by atoms with E-state index in [4.69, 9.17) is 11.6 Å². The van der Waals surface area contributed by atoms with Crippen molar-refractivity contribution in [3.63, 3.8) is 0 Å². The molecule has 2 N–H and O–H groups in total. The van der Waals surface area contributed by atoms with Crippen molar-refractivity contribution >= 4 is 29.1 Å². The normalized spacial score (nSPS) is 22.8. The van der Waals surface area contributed by atoms with Crippen molar-refractivity contribution in [3.8, 4) is 0 Å². The molecule has 5 nitrogen and oxygen atoms in total. The standard InChI is InChI=1S/C18H23ClN2O3/c19-13-3-5-14(6-4-13)21-11-7-15(17(21)24)16(23)20-18(10-12-22)8-1-2-9-18/h3-6,15,22H,1-2,7-12H2,(H,20,23)/t15-/m0/s1. The van der Waals surface area contributed by atoms with Crippen molar-refractivity contribution in [1.82, 2.24) is 5.32 Å². The lowest BCUT2D eigenvalue weighted by Gasteiger charge is -2.30. The molecule has 2 aliphatic rings. The van der Waals surface area contributed by atoms with Gasteiger partial charge in [0.2, 0.25) is 11.8 Å². The van der Waals surface area contributed by atoms with Crippen LogP contribution in [0.4, 0.5) is 5.69 Å². The maximum Gasteiger partial charge on any atom is 0.239 e. The van der Waals surface area contributed by atoms with E-state index in [0.29, 0.717) is 24.4 Å². The molecule has 1 aromatic carbocycles. The second-order valence-corrected chi connectivity index (χ2v) is 7.19. The molecular formula is C18H23ClN2O3. The van der Waals surface area contributed by atoms with Gasteiger partial charge in [0.05, 0.1) is 0 Å². The van der Waals surface area contributed by atoms with E-state index >= 15 is 0 Å². The van der Waals surface area contributed by atoms with E-state index < -0.39 is 5.92 Å². The van der Waals surface area contributed by atoms with Gasteiger partial charge in [-0.3, -0.25) is 9.59 Å².